The summed E-state index contributed by atoms with van der Waals surface area (Å²) in [6.45, 7) is 0. The number of rotatable bonds is 1. The van der Waals surface area contributed by atoms with E-state index in [0.29, 0.717) is 16.2 Å². The van der Waals surface area contributed by atoms with Crippen LogP contribution in [0, 0.1) is 0 Å². The van der Waals surface area contributed by atoms with Crippen LogP contribution in [0.3, 0.4) is 0 Å². The van der Waals surface area contributed by atoms with E-state index in [2.05, 4.69) is 4.98 Å². The van der Waals surface area contributed by atoms with Crippen molar-refractivity contribution in [1.29, 1.82) is 0 Å². The summed E-state index contributed by atoms with van der Waals surface area (Å²) in [5.41, 5.74) is 0.421. The zero-order valence-electron chi connectivity index (χ0n) is 8.67. The third-order valence-corrected chi connectivity index (χ3v) is 3.08. The largest absolute Gasteiger partial charge is 0.416 e. The highest BCUT2D eigenvalue weighted by Gasteiger charge is 2.30. The first-order valence-corrected chi connectivity index (χ1v) is 5.73. The lowest BCUT2D eigenvalue weighted by atomic mass is 10.2. The average Bonchev–Trinajstić information content (AvgIpc) is 2.54. The van der Waals surface area contributed by atoms with Crippen LogP contribution in [-0.4, -0.2) is 15.8 Å². The maximum Gasteiger partial charge on any atom is 0.416 e. The van der Waals surface area contributed by atoms with Gasteiger partial charge in [0.15, 0.2) is 5.16 Å². The van der Waals surface area contributed by atoms with Crippen molar-refractivity contribution in [3.05, 3.63) is 23.8 Å². The topological polar surface area (TPSA) is 17.8 Å². The van der Waals surface area contributed by atoms with Crippen molar-refractivity contribution in [3.63, 3.8) is 0 Å². The van der Waals surface area contributed by atoms with Crippen molar-refractivity contribution in [2.45, 2.75) is 11.3 Å². The number of aromatic nitrogens is 2. The molecule has 0 amide bonds. The quantitative estimate of drug-likeness (QED) is 0.718. The van der Waals surface area contributed by atoms with Gasteiger partial charge in [0.05, 0.1) is 16.6 Å². The molecule has 0 fully saturated rings. The molecular weight excluding hydrogens is 237 g/mol. The van der Waals surface area contributed by atoms with Gasteiger partial charge >= 0.3 is 6.18 Å². The Morgan fingerprint density at radius 2 is 2.00 bits per heavy atom. The number of halogens is 3. The smallest absolute Gasteiger partial charge is 0.322 e. The molecule has 16 heavy (non-hydrogen) atoms. The van der Waals surface area contributed by atoms with Gasteiger partial charge in [-0.1, -0.05) is 11.8 Å². The number of aryl methyl sites for hydroxylation is 1. The number of hydrogen-bond acceptors (Lipinski definition) is 2. The minimum atomic E-state index is -4.31. The molecule has 0 saturated heterocycles. The molecule has 2 aromatic rings. The van der Waals surface area contributed by atoms with E-state index in [1.54, 1.807) is 11.6 Å². The van der Waals surface area contributed by atoms with E-state index < -0.39 is 11.7 Å². The lowest BCUT2D eigenvalue weighted by Crippen LogP contribution is -2.04. The van der Waals surface area contributed by atoms with E-state index in [4.69, 9.17) is 0 Å². The van der Waals surface area contributed by atoms with E-state index in [1.165, 1.54) is 17.8 Å². The fourth-order valence-corrected chi connectivity index (χ4v) is 2.10. The number of hydrogen-bond donors (Lipinski definition) is 0. The summed E-state index contributed by atoms with van der Waals surface area (Å²) in [5.74, 6) is 0. The van der Waals surface area contributed by atoms with Crippen molar-refractivity contribution in [2.75, 3.05) is 6.26 Å². The molecule has 0 atom stereocenters. The Morgan fingerprint density at radius 3 is 2.56 bits per heavy atom. The van der Waals surface area contributed by atoms with Gasteiger partial charge in [0.1, 0.15) is 0 Å². The van der Waals surface area contributed by atoms with E-state index in [-0.39, 0.29) is 0 Å². The molecule has 1 aromatic heterocycles. The second kappa shape index (κ2) is 3.69. The molecule has 6 heteroatoms. The molecule has 0 saturated carbocycles. The van der Waals surface area contributed by atoms with Gasteiger partial charge in [-0.05, 0) is 24.5 Å². The highest BCUT2D eigenvalue weighted by atomic mass is 32.2. The molecule has 2 nitrogen and oxygen atoms in total. The Morgan fingerprint density at radius 1 is 1.31 bits per heavy atom. The van der Waals surface area contributed by atoms with Crippen molar-refractivity contribution in [2.24, 2.45) is 7.05 Å². The number of thioether (sulfide) groups is 1. The van der Waals surface area contributed by atoms with Crippen molar-refractivity contribution >= 4 is 22.8 Å². The fraction of sp³-hybridized carbons (Fsp3) is 0.300. The molecule has 1 aromatic carbocycles. The standard InChI is InChI=1S/C10H9F3N2S/c1-15-8-4-3-6(10(11,12)13)5-7(8)14-9(15)16-2/h3-5H,1-2H3. The normalized spacial score (nSPS) is 12.3. The second-order valence-corrected chi connectivity index (χ2v) is 4.13. The highest BCUT2D eigenvalue weighted by Crippen LogP contribution is 2.32. The summed E-state index contributed by atoms with van der Waals surface area (Å²) in [7, 11) is 1.79. The number of alkyl halides is 3. The first kappa shape index (κ1) is 11.3. The summed E-state index contributed by atoms with van der Waals surface area (Å²) >= 11 is 1.41. The number of nitrogens with zero attached hydrogens (tertiary/aromatic N) is 2. The molecule has 0 aliphatic heterocycles. The van der Waals surface area contributed by atoms with Crippen molar-refractivity contribution in [3.8, 4) is 0 Å². The van der Waals surface area contributed by atoms with Crippen molar-refractivity contribution < 1.29 is 13.2 Å². The van der Waals surface area contributed by atoms with Gasteiger partial charge in [0.2, 0.25) is 0 Å². The molecule has 0 aliphatic carbocycles. The molecular formula is C10H9F3N2S. The Kier molecular flexibility index (Phi) is 2.61. The molecule has 0 radical (unpaired) electrons. The molecule has 86 valence electrons. The van der Waals surface area contributed by atoms with Gasteiger partial charge in [-0.3, -0.25) is 0 Å². The average molecular weight is 246 g/mol. The summed E-state index contributed by atoms with van der Waals surface area (Å²) in [4.78, 5) is 4.13. The van der Waals surface area contributed by atoms with Gasteiger partial charge in [-0.25, -0.2) is 4.98 Å². The third kappa shape index (κ3) is 1.77. The third-order valence-electron chi connectivity index (χ3n) is 2.35. The monoisotopic (exact) mass is 246 g/mol. The van der Waals surface area contributed by atoms with Gasteiger partial charge in [-0.15, -0.1) is 0 Å². The van der Waals surface area contributed by atoms with Crippen LogP contribution in [0.15, 0.2) is 23.4 Å². The summed E-state index contributed by atoms with van der Waals surface area (Å²) in [6.07, 6.45) is -2.48. The van der Waals surface area contributed by atoms with Crippen LogP contribution in [0.1, 0.15) is 5.56 Å². The minimum Gasteiger partial charge on any atom is -0.322 e. The summed E-state index contributed by atoms with van der Waals surface area (Å²) in [5, 5.41) is 0.703. The van der Waals surface area contributed by atoms with Gasteiger partial charge in [-0.2, -0.15) is 13.2 Å². The number of fused-ring (bicyclic) bond motifs is 1. The molecule has 0 bridgehead atoms. The van der Waals surface area contributed by atoms with Crippen molar-refractivity contribution in [1.82, 2.24) is 9.55 Å². The lowest BCUT2D eigenvalue weighted by molar-refractivity contribution is -0.137. The highest BCUT2D eigenvalue weighted by molar-refractivity contribution is 7.98. The predicted octanol–water partition coefficient (Wildman–Crippen LogP) is 3.31. The van der Waals surface area contributed by atoms with Crippen LogP contribution < -0.4 is 0 Å². The van der Waals surface area contributed by atoms with Crippen LogP contribution in [-0.2, 0) is 13.2 Å². The Labute approximate surface area is 94.5 Å². The van der Waals surface area contributed by atoms with Crippen LogP contribution in [0.4, 0.5) is 13.2 Å². The molecule has 2 rings (SSSR count). The lowest BCUT2D eigenvalue weighted by Gasteiger charge is -2.05. The molecule has 0 spiro atoms. The second-order valence-electron chi connectivity index (χ2n) is 3.36. The zero-order chi connectivity index (χ0) is 11.9. The van der Waals surface area contributed by atoms with Gasteiger partial charge in [0, 0.05) is 7.05 Å². The molecule has 0 N–H and O–H groups in total. The van der Waals surface area contributed by atoms with Crippen LogP contribution >= 0.6 is 11.8 Å². The van der Waals surface area contributed by atoms with E-state index in [1.807, 2.05) is 6.26 Å². The maximum atomic E-state index is 12.5. The number of imidazole rings is 1. The maximum absolute atomic E-state index is 12.5. The van der Waals surface area contributed by atoms with E-state index >= 15 is 0 Å². The molecule has 0 aliphatic rings. The van der Waals surface area contributed by atoms with Gasteiger partial charge in [0.25, 0.3) is 0 Å². The predicted molar refractivity (Wildman–Crippen MR) is 57.5 cm³/mol. The number of benzene rings is 1. The van der Waals surface area contributed by atoms with Crippen LogP contribution in [0.2, 0.25) is 0 Å². The SMILES string of the molecule is CSc1nc2cc(C(F)(F)F)ccc2n1C. The van der Waals surface area contributed by atoms with E-state index in [9.17, 15) is 13.2 Å². The first-order chi connectivity index (χ1) is 7.43. The Balaban J connectivity index is 2.64. The van der Waals surface area contributed by atoms with Crippen LogP contribution in [0.25, 0.3) is 11.0 Å². The minimum absolute atomic E-state index is 0.377. The first-order valence-electron chi connectivity index (χ1n) is 4.51. The Bertz CT molecular complexity index is 531. The summed E-state index contributed by atoms with van der Waals surface area (Å²) < 4.78 is 39.2. The Hall–Kier alpha value is -1.17. The summed E-state index contributed by atoms with van der Waals surface area (Å²) in [6, 6.07) is 3.61. The van der Waals surface area contributed by atoms with Crippen LogP contribution in [0.5, 0.6) is 0 Å². The fourth-order valence-electron chi connectivity index (χ4n) is 1.54. The molecule has 1 heterocycles. The van der Waals surface area contributed by atoms with Gasteiger partial charge < -0.3 is 4.57 Å². The zero-order valence-corrected chi connectivity index (χ0v) is 9.49. The van der Waals surface area contributed by atoms with E-state index in [0.717, 1.165) is 12.1 Å². The molecule has 0 unspecified atom stereocenters.